The Bertz CT molecular complexity index is 468. The molecule has 0 aromatic heterocycles. The molecule has 1 aromatic carbocycles. The number of alkyl halides is 1. The van der Waals surface area contributed by atoms with Crippen LogP contribution in [0, 0.1) is 20.8 Å². The lowest BCUT2D eigenvalue weighted by atomic mass is 9.80. The van der Waals surface area contributed by atoms with Crippen LogP contribution < -0.4 is 5.32 Å². The molecule has 0 spiro atoms. The molecular formula is C16H22FN. The summed E-state index contributed by atoms with van der Waals surface area (Å²) in [4.78, 5) is 0. The second kappa shape index (κ2) is 4.06. The number of piperidine rings is 1. The van der Waals surface area contributed by atoms with Crippen LogP contribution in [0.2, 0.25) is 0 Å². The topological polar surface area (TPSA) is 12.0 Å². The van der Waals surface area contributed by atoms with Gasteiger partial charge in [-0.1, -0.05) is 12.1 Å². The molecule has 2 unspecified atom stereocenters. The van der Waals surface area contributed by atoms with E-state index in [0.717, 1.165) is 24.0 Å². The Morgan fingerprint density at radius 2 is 1.56 bits per heavy atom. The highest BCUT2D eigenvalue weighted by Gasteiger charge is 2.45. The number of fused-ring (bicyclic) bond motifs is 2. The lowest BCUT2D eigenvalue weighted by molar-refractivity contribution is 0.0866. The standard InChI is InChI=1S/C16H22FN/c1-10-6-12(3)15(7-11(10)2)16(17)8-13-4-5-14(9-16)18-13/h6-7,13-14,18H,4-5,8-9H2,1-3H3. The molecule has 2 bridgehead atoms. The Kier molecular flexibility index (Phi) is 2.74. The fourth-order valence-corrected chi connectivity index (χ4v) is 3.75. The minimum Gasteiger partial charge on any atom is -0.311 e. The van der Waals surface area contributed by atoms with Crippen LogP contribution in [0.3, 0.4) is 0 Å². The van der Waals surface area contributed by atoms with Gasteiger partial charge in [0.25, 0.3) is 0 Å². The van der Waals surface area contributed by atoms with Crippen LogP contribution in [0.1, 0.15) is 47.9 Å². The van der Waals surface area contributed by atoms with Gasteiger partial charge in [-0.05, 0) is 55.9 Å². The number of benzene rings is 1. The van der Waals surface area contributed by atoms with E-state index < -0.39 is 5.67 Å². The molecule has 18 heavy (non-hydrogen) atoms. The fraction of sp³-hybridized carbons (Fsp3) is 0.625. The normalized spacial score (nSPS) is 34.9. The SMILES string of the molecule is Cc1cc(C)c(C2(F)CC3CCC(C2)N3)cc1C. The van der Waals surface area contributed by atoms with Crippen LogP contribution in [0.5, 0.6) is 0 Å². The van der Waals surface area contributed by atoms with Crippen molar-refractivity contribution in [3.8, 4) is 0 Å². The predicted octanol–water partition coefficient (Wildman–Crippen LogP) is 3.69. The first-order valence-corrected chi connectivity index (χ1v) is 7.01. The van der Waals surface area contributed by atoms with Crippen molar-refractivity contribution in [1.29, 1.82) is 0 Å². The molecule has 2 heteroatoms. The smallest absolute Gasteiger partial charge is 0.139 e. The van der Waals surface area contributed by atoms with E-state index >= 15 is 4.39 Å². The number of hydrogen-bond acceptors (Lipinski definition) is 1. The molecular weight excluding hydrogens is 225 g/mol. The molecule has 0 saturated carbocycles. The summed E-state index contributed by atoms with van der Waals surface area (Å²) in [6.07, 6.45) is 3.57. The highest BCUT2D eigenvalue weighted by Crippen LogP contribution is 2.45. The molecule has 2 fully saturated rings. The molecule has 2 aliphatic rings. The van der Waals surface area contributed by atoms with Crippen molar-refractivity contribution < 1.29 is 4.39 Å². The van der Waals surface area contributed by atoms with Crippen LogP contribution in [-0.4, -0.2) is 12.1 Å². The summed E-state index contributed by atoms with van der Waals surface area (Å²) in [5, 5.41) is 3.52. The van der Waals surface area contributed by atoms with E-state index in [-0.39, 0.29) is 0 Å². The van der Waals surface area contributed by atoms with E-state index in [0.29, 0.717) is 24.9 Å². The quantitative estimate of drug-likeness (QED) is 0.798. The summed E-state index contributed by atoms with van der Waals surface area (Å²) in [7, 11) is 0. The van der Waals surface area contributed by atoms with Gasteiger partial charge in [-0.15, -0.1) is 0 Å². The summed E-state index contributed by atoms with van der Waals surface area (Å²) >= 11 is 0. The molecule has 0 amide bonds. The predicted molar refractivity (Wildman–Crippen MR) is 72.6 cm³/mol. The summed E-state index contributed by atoms with van der Waals surface area (Å²) in [6.45, 7) is 6.23. The van der Waals surface area contributed by atoms with Gasteiger partial charge in [0.1, 0.15) is 5.67 Å². The maximum Gasteiger partial charge on any atom is 0.139 e. The summed E-state index contributed by atoms with van der Waals surface area (Å²) in [5.74, 6) is 0. The summed E-state index contributed by atoms with van der Waals surface area (Å²) in [6, 6.07) is 4.98. The van der Waals surface area contributed by atoms with Gasteiger partial charge in [0.05, 0.1) is 0 Å². The molecule has 3 rings (SSSR count). The van der Waals surface area contributed by atoms with E-state index in [1.807, 2.05) is 6.92 Å². The molecule has 1 nitrogen and oxygen atoms in total. The van der Waals surface area contributed by atoms with E-state index in [1.54, 1.807) is 0 Å². The zero-order valence-electron chi connectivity index (χ0n) is 11.5. The summed E-state index contributed by atoms with van der Waals surface area (Å²) in [5.41, 5.74) is 3.40. The fourth-order valence-electron chi connectivity index (χ4n) is 3.75. The minimum absolute atomic E-state index is 0.384. The summed E-state index contributed by atoms with van der Waals surface area (Å²) < 4.78 is 15.4. The number of aryl methyl sites for hydroxylation is 3. The molecule has 0 radical (unpaired) electrons. The van der Waals surface area contributed by atoms with Crippen LogP contribution in [0.15, 0.2) is 12.1 Å². The molecule has 2 aliphatic heterocycles. The molecule has 98 valence electrons. The van der Waals surface area contributed by atoms with Gasteiger partial charge in [-0.3, -0.25) is 0 Å². The number of halogens is 1. The Balaban J connectivity index is 2.01. The van der Waals surface area contributed by atoms with Crippen molar-refractivity contribution in [2.75, 3.05) is 0 Å². The lowest BCUT2D eigenvalue weighted by Crippen LogP contribution is -2.44. The van der Waals surface area contributed by atoms with Crippen molar-refractivity contribution in [3.05, 3.63) is 34.4 Å². The molecule has 1 N–H and O–H groups in total. The van der Waals surface area contributed by atoms with Crippen LogP contribution in [0.25, 0.3) is 0 Å². The maximum atomic E-state index is 15.4. The van der Waals surface area contributed by atoms with E-state index in [4.69, 9.17) is 0 Å². The highest BCUT2D eigenvalue weighted by atomic mass is 19.1. The van der Waals surface area contributed by atoms with Crippen LogP contribution >= 0.6 is 0 Å². The zero-order chi connectivity index (χ0) is 12.9. The van der Waals surface area contributed by atoms with Crippen molar-refractivity contribution in [2.24, 2.45) is 0 Å². The van der Waals surface area contributed by atoms with Crippen LogP contribution in [-0.2, 0) is 5.67 Å². The monoisotopic (exact) mass is 247 g/mol. The van der Waals surface area contributed by atoms with Gasteiger partial charge in [-0.2, -0.15) is 0 Å². The third kappa shape index (κ3) is 1.87. The van der Waals surface area contributed by atoms with Crippen LogP contribution in [0.4, 0.5) is 4.39 Å². The van der Waals surface area contributed by atoms with Gasteiger partial charge >= 0.3 is 0 Å². The van der Waals surface area contributed by atoms with E-state index in [9.17, 15) is 0 Å². The second-order valence-corrected chi connectivity index (χ2v) is 6.26. The van der Waals surface area contributed by atoms with E-state index in [1.165, 1.54) is 11.1 Å². The van der Waals surface area contributed by atoms with Crippen molar-refractivity contribution in [2.45, 2.75) is 64.2 Å². The third-order valence-corrected chi connectivity index (χ3v) is 4.80. The molecule has 2 saturated heterocycles. The van der Waals surface area contributed by atoms with Gasteiger partial charge in [0.15, 0.2) is 0 Å². The van der Waals surface area contributed by atoms with Crippen molar-refractivity contribution in [3.63, 3.8) is 0 Å². The number of nitrogens with one attached hydrogen (secondary N) is 1. The lowest BCUT2D eigenvalue weighted by Gasteiger charge is -2.36. The largest absolute Gasteiger partial charge is 0.311 e. The Morgan fingerprint density at radius 3 is 2.17 bits per heavy atom. The van der Waals surface area contributed by atoms with Gasteiger partial charge in [0, 0.05) is 24.9 Å². The van der Waals surface area contributed by atoms with Crippen molar-refractivity contribution >= 4 is 0 Å². The van der Waals surface area contributed by atoms with Crippen molar-refractivity contribution in [1.82, 2.24) is 5.32 Å². The first-order chi connectivity index (χ1) is 8.48. The highest BCUT2D eigenvalue weighted by molar-refractivity contribution is 5.40. The Labute approximate surface area is 109 Å². The van der Waals surface area contributed by atoms with Gasteiger partial charge in [0.2, 0.25) is 0 Å². The zero-order valence-corrected chi connectivity index (χ0v) is 11.5. The molecule has 2 heterocycles. The first-order valence-electron chi connectivity index (χ1n) is 7.01. The number of rotatable bonds is 1. The third-order valence-electron chi connectivity index (χ3n) is 4.80. The van der Waals surface area contributed by atoms with Gasteiger partial charge in [-0.25, -0.2) is 4.39 Å². The first kappa shape index (κ1) is 12.2. The van der Waals surface area contributed by atoms with Gasteiger partial charge < -0.3 is 5.32 Å². The minimum atomic E-state index is -1.11. The number of hydrogen-bond donors (Lipinski definition) is 1. The molecule has 0 aliphatic carbocycles. The Morgan fingerprint density at radius 1 is 1.00 bits per heavy atom. The average Bonchev–Trinajstić information content (AvgIpc) is 2.64. The van der Waals surface area contributed by atoms with E-state index in [2.05, 4.69) is 31.3 Å². The second-order valence-electron chi connectivity index (χ2n) is 6.26. The Hall–Kier alpha value is -0.890. The average molecular weight is 247 g/mol. The molecule has 2 atom stereocenters. The maximum absolute atomic E-state index is 15.4. The molecule has 1 aromatic rings.